The zero-order valence-electron chi connectivity index (χ0n) is 11.6. The smallest absolute Gasteiger partial charge is 0.123 e. The lowest BCUT2D eigenvalue weighted by atomic mass is 10.0. The lowest BCUT2D eigenvalue weighted by Crippen LogP contribution is -2.39. The van der Waals surface area contributed by atoms with Crippen molar-refractivity contribution in [1.29, 1.82) is 0 Å². The quantitative estimate of drug-likeness (QED) is 0.888. The number of benzene rings is 1. The summed E-state index contributed by atoms with van der Waals surface area (Å²) < 4.78 is 19.0. The zero-order valence-corrected chi connectivity index (χ0v) is 11.6. The molecule has 1 aromatic carbocycles. The van der Waals surface area contributed by atoms with E-state index >= 15 is 0 Å². The van der Waals surface area contributed by atoms with Crippen LogP contribution in [0.25, 0.3) is 0 Å². The lowest BCUT2D eigenvalue weighted by Gasteiger charge is -2.32. The summed E-state index contributed by atoms with van der Waals surface area (Å²) in [5.74, 6) is -0.189. The molecule has 0 radical (unpaired) electrons. The number of ether oxygens (including phenoxy) is 1. The maximum atomic E-state index is 13.4. The largest absolute Gasteiger partial charge is 0.377 e. The highest BCUT2D eigenvalue weighted by Crippen LogP contribution is 2.18. The van der Waals surface area contributed by atoms with Crippen LogP contribution < -0.4 is 5.73 Å². The van der Waals surface area contributed by atoms with Crippen molar-refractivity contribution in [3.63, 3.8) is 0 Å². The third-order valence-corrected chi connectivity index (χ3v) is 3.65. The van der Waals surface area contributed by atoms with Crippen LogP contribution in [0, 0.1) is 5.82 Å². The second-order valence-electron chi connectivity index (χ2n) is 5.07. The number of nitrogens with zero attached hydrogens (tertiary/aromatic N) is 1. The van der Waals surface area contributed by atoms with E-state index in [0.717, 1.165) is 50.2 Å². The van der Waals surface area contributed by atoms with Gasteiger partial charge < -0.3 is 10.5 Å². The third-order valence-electron chi connectivity index (χ3n) is 3.65. The van der Waals surface area contributed by atoms with Crippen LogP contribution in [0.1, 0.15) is 30.9 Å². The van der Waals surface area contributed by atoms with Gasteiger partial charge in [0.25, 0.3) is 0 Å². The molecule has 4 heteroatoms. The van der Waals surface area contributed by atoms with Gasteiger partial charge in [-0.2, -0.15) is 0 Å². The molecule has 106 valence electrons. The van der Waals surface area contributed by atoms with Crippen molar-refractivity contribution in [2.45, 2.75) is 39.0 Å². The maximum Gasteiger partial charge on any atom is 0.123 e. The number of hydrogen-bond donors (Lipinski definition) is 1. The summed E-state index contributed by atoms with van der Waals surface area (Å²) in [5.41, 5.74) is 7.74. The molecule has 1 aromatic rings. The number of likely N-dealkylation sites (tertiary alicyclic amines) is 1. The van der Waals surface area contributed by atoms with Crippen LogP contribution >= 0.6 is 0 Å². The molecule has 1 fully saturated rings. The van der Waals surface area contributed by atoms with Gasteiger partial charge in [0, 0.05) is 26.2 Å². The first-order valence-electron chi connectivity index (χ1n) is 7.04. The Labute approximate surface area is 114 Å². The van der Waals surface area contributed by atoms with Crippen molar-refractivity contribution >= 4 is 0 Å². The Kier molecular flexibility index (Phi) is 5.31. The number of hydrogen-bond acceptors (Lipinski definition) is 3. The van der Waals surface area contributed by atoms with Gasteiger partial charge in [-0.25, -0.2) is 4.39 Å². The molecule has 2 rings (SSSR count). The number of halogens is 1. The topological polar surface area (TPSA) is 38.5 Å². The molecule has 0 aromatic heterocycles. The first kappa shape index (κ1) is 14.4. The Morgan fingerprint density at radius 2 is 2.26 bits per heavy atom. The molecule has 1 atom stereocenters. The molecule has 0 bridgehead atoms. The number of nitrogens with two attached hydrogens (primary N) is 1. The van der Waals surface area contributed by atoms with Crippen LogP contribution in [-0.4, -0.2) is 30.7 Å². The Morgan fingerprint density at radius 3 is 3.00 bits per heavy atom. The van der Waals surface area contributed by atoms with Gasteiger partial charge in [0.15, 0.2) is 0 Å². The highest BCUT2D eigenvalue weighted by atomic mass is 19.1. The maximum absolute atomic E-state index is 13.4. The summed E-state index contributed by atoms with van der Waals surface area (Å²) in [6.07, 6.45) is 2.57. The van der Waals surface area contributed by atoms with Crippen molar-refractivity contribution in [3.05, 3.63) is 35.1 Å². The van der Waals surface area contributed by atoms with Crippen molar-refractivity contribution in [1.82, 2.24) is 4.90 Å². The van der Waals surface area contributed by atoms with E-state index in [4.69, 9.17) is 10.5 Å². The molecule has 0 spiro atoms. The standard InChI is InChI=1S/C15H23FN2O/c1-2-19-15-4-3-7-18(11-15)10-13-8-14(16)6-5-12(13)9-17/h5-6,8,15H,2-4,7,9-11,17H2,1H3. The van der Waals surface area contributed by atoms with Gasteiger partial charge in [-0.3, -0.25) is 4.90 Å². The van der Waals surface area contributed by atoms with Crippen molar-refractivity contribution < 1.29 is 9.13 Å². The predicted octanol–water partition coefficient (Wildman–Crippen LogP) is 2.29. The number of rotatable bonds is 5. The van der Waals surface area contributed by atoms with E-state index < -0.39 is 0 Å². The molecule has 1 aliphatic rings. The average Bonchev–Trinajstić information content (AvgIpc) is 2.40. The van der Waals surface area contributed by atoms with Gasteiger partial charge in [0.05, 0.1) is 6.10 Å². The van der Waals surface area contributed by atoms with Crippen LogP contribution in [0.4, 0.5) is 4.39 Å². The minimum Gasteiger partial charge on any atom is -0.377 e. The summed E-state index contributed by atoms with van der Waals surface area (Å²) >= 11 is 0. The SMILES string of the molecule is CCOC1CCCN(Cc2cc(F)ccc2CN)C1. The Bertz CT molecular complexity index is 409. The van der Waals surface area contributed by atoms with Gasteiger partial charge in [-0.1, -0.05) is 6.07 Å². The van der Waals surface area contributed by atoms with Crippen LogP contribution in [0.2, 0.25) is 0 Å². The van der Waals surface area contributed by atoms with Crippen LogP contribution in [-0.2, 0) is 17.8 Å². The fraction of sp³-hybridized carbons (Fsp3) is 0.600. The summed E-state index contributed by atoms with van der Waals surface area (Å²) in [5, 5.41) is 0. The molecular formula is C15H23FN2O. The second-order valence-corrected chi connectivity index (χ2v) is 5.07. The fourth-order valence-corrected chi connectivity index (χ4v) is 2.71. The van der Waals surface area contributed by atoms with E-state index in [0.29, 0.717) is 12.6 Å². The second kappa shape index (κ2) is 6.98. The van der Waals surface area contributed by atoms with Crippen LogP contribution in [0.3, 0.4) is 0 Å². The molecule has 1 unspecified atom stereocenters. The zero-order chi connectivity index (χ0) is 13.7. The fourth-order valence-electron chi connectivity index (χ4n) is 2.71. The Hall–Kier alpha value is -0.970. The normalized spacial score (nSPS) is 20.7. The van der Waals surface area contributed by atoms with Gasteiger partial charge in [0.2, 0.25) is 0 Å². The monoisotopic (exact) mass is 266 g/mol. The molecular weight excluding hydrogens is 243 g/mol. The number of piperidine rings is 1. The van der Waals surface area contributed by atoms with Crippen LogP contribution in [0.15, 0.2) is 18.2 Å². The summed E-state index contributed by atoms with van der Waals surface area (Å²) in [7, 11) is 0. The molecule has 3 nitrogen and oxygen atoms in total. The van der Waals surface area contributed by atoms with Crippen molar-refractivity contribution in [2.24, 2.45) is 5.73 Å². The van der Waals surface area contributed by atoms with Gasteiger partial charge >= 0.3 is 0 Å². The highest BCUT2D eigenvalue weighted by Gasteiger charge is 2.20. The van der Waals surface area contributed by atoms with E-state index in [9.17, 15) is 4.39 Å². The average molecular weight is 266 g/mol. The minimum atomic E-state index is -0.189. The molecule has 0 aliphatic carbocycles. The Morgan fingerprint density at radius 1 is 1.42 bits per heavy atom. The van der Waals surface area contributed by atoms with E-state index in [-0.39, 0.29) is 5.82 Å². The van der Waals surface area contributed by atoms with Gasteiger partial charge in [-0.15, -0.1) is 0 Å². The molecule has 1 saturated heterocycles. The first-order chi connectivity index (χ1) is 9.22. The van der Waals surface area contributed by atoms with E-state index in [1.165, 1.54) is 6.07 Å². The highest BCUT2D eigenvalue weighted by molar-refractivity contribution is 5.27. The molecule has 0 saturated carbocycles. The first-order valence-corrected chi connectivity index (χ1v) is 7.04. The minimum absolute atomic E-state index is 0.189. The molecule has 0 amide bonds. The molecule has 2 N–H and O–H groups in total. The van der Waals surface area contributed by atoms with E-state index in [2.05, 4.69) is 4.90 Å². The van der Waals surface area contributed by atoms with Crippen molar-refractivity contribution in [3.8, 4) is 0 Å². The van der Waals surface area contributed by atoms with Gasteiger partial charge in [0.1, 0.15) is 5.82 Å². The molecule has 1 heterocycles. The summed E-state index contributed by atoms with van der Waals surface area (Å²) in [6, 6.07) is 4.87. The van der Waals surface area contributed by atoms with E-state index in [1.807, 2.05) is 6.92 Å². The predicted molar refractivity (Wildman–Crippen MR) is 74.2 cm³/mol. The molecule has 1 aliphatic heterocycles. The van der Waals surface area contributed by atoms with Gasteiger partial charge in [-0.05, 0) is 49.6 Å². The Balaban J connectivity index is 2.01. The van der Waals surface area contributed by atoms with Crippen molar-refractivity contribution in [2.75, 3.05) is 19.7 Å². The lowest BCUT2D eigenvalue weighted by molar-refractivity contribution is 0.00355. The summed E-state index contributed by atoms with van der Waals surface area (Å²) in [4.78, 5) is 2.33. The van der Waals surface area contributed by atoms with Crippen LogP contribution in [0.5, 0.6) is 0 Å². The van der Waals surface area contributed by atoms with E-state index in [1.54, 1.807) is 12.1 Å². The third kappa shape index (κ3) is 4.00. The summed E-state index contributed by atoms with van der Waals surface area (Å²) in [6.45, 7) is 5.97. The molecule has 19 heavy (non-hydrogen) atoms.